The van der Waals surface area contributed by atoms with Gasteiger partial charge in [-0.05, 0) is 49.3 Å². The van der Waals surface area contributed by atoms with Crippen molar-refractivity contribution in [3.8, 4) is 11.8 Å². The summed E-state index contributed by atoms with van der Waals surface area (Å²) >= 11 is 0. The van der Waals surface area contributed by atoms with Gasteiger partial charge in [0.25, 0.3) is 5.91 Å². The summed E-state index contributed by atoms with van der Waals surface area (Å²) in [7, 11) is 2.99. The van der Waals surface area contributed by atoms with Crippen LogP contribution in [0.2, 0.25) is 0 Å². The largest absolute Gasteiger partial charge is 0.481 e. The number of hydrogen-bond donors (Lipinski definition) is 1. The topological polar surface area (TPSA) is 101 Å². The molecule has 9 nitrogen and oxygen atoms in total. The van der Waals surface area contributed by atoms with Gasteiger partial charge in [0.1, 0.15) is 5.56 Å². The molecule has 3 amide bonds. The second-order valence-electron chi connectivity index (χ2n) is 10.7. The van der Waals surface area contributed by atoms with Gasteiger partial charge in [0.15, 0.2) is 0 Å². The summed E-state index contributed by atoms with van der Waals surface area (Å²) in [6, 6.07) is 11.2. The molecule has 3 atom stereocenters. The maximum absolute atomic E-state index is 14.0. The lowest BCUT2D eigenvalue weighted by Crippen LogP contribution is -2.47. The molecule has 1 aromatic carbocycles. The zero-order valence-electron chi connectivity index (χ0n) is 22.9. The second kappa shape index (κ2) is 12.1. The van der Waals surface area contributed by atoms with Crippen LogP contribution in [0.3, 0.4) is 0 Å². The monoisotopic (exact) mass is 534 g/mol. The van der Waals surface area contributed by atoms with Crippen molar-refractivity contribution in [1.82, 2.24) is 20.1 Å². The fourth-order valence-corrected chi connectivity index (χ4v) is 6.32. The number of aromatic nitrogens is 1. The van der Waals surface area contributed by atoms with E-state index >= 15 is 0 Å². The highest BCUT2D eigenvalue weighted by molar-refractivity contribution is 5.97. The lowest BCUT2D eigenvalue weighted by Gasteiger charge is -2.33. The minimum absolute atomic E-state index is 0.0705. The molecule has 0 bridgehead atoms. The smallest absolute Gasteiger partial charge is 0.259 e. The van der Waals surface area contributed by atoms with Gasteiger partial charge in [-0.15, -0.1) is 0 Å². The van der Waals surface area contributed by atoms with E-state index in [0.29, 0.717) is 50.5 Å². The number of nitrogens with one attached hydrogen (secondary N) is 1. The number of methoxy groups -OCH3 is 2. The van der Waals surface area contributed by atoms with E-state index in [2.05, 4.69) is 22.4 Å². The molecule has 9 heteroatoms. The first kappa shape index (κ1) is 27.0. The predicted octanol–water partition coefficient (Wildman–Crippen LogP) is 3.21. The van der Waals surface area contributed by atoms with Crippen LogP contribution in [0.1, 0.15) is 60.0 Å². The first-order valence-corrected chi connectivity index (χ1v) is 14.0. The molecule has 3 heterocycles. The molecule has 0 spiro atoms. The first-order valence-electron chi connectivity index (χ1n) is 14.0. The summed E-state index contributed by atoms with van der Waals surface area (Å²) in [5.41, 5.74) is 2.80. The Kier molecular flexibility index (Phi) is 8.33. The summed E-state index contributed by atoms with van der Waals surface area (Å²) < 4.78 is 10.7. The molecule has 1 aromatic heterocycles. The van der Waals surface area contributed by atoms with Crippen LogP contribution >= 0.6 is 0 Å². The van der Waals surface area contributed by atoms with Crippen LogP contribution in [0, 0.1) is 11.8 Å². The Morgan fingerprint density at radius 3 is 2.54 bits per heavy atom. The van der Waals surface area contributed by atoms with Crippen molar-refractivity contribution >= 4 is 17.7 Å². The third kappa shape index (κ3) is 5.72. The van der Waals surface area contributed by atoms with Crippen LogP contribution in [0.4, 0.5) is 0 Å². The summed E-state index contributed by atoms with van der Waals surface area (Å²) in [4.78, 5) is 49.3. The minimum Gasteiger partial charge on any atom is -0.481 e. The van der Waals surface area contributed by atoms with Crippen LogP contribution in [0.5, 0.6) is 11.8 Å². The standard InChI is InChI=1S/C30H38N4O5/c1-38-26-12-11-23(28(32-26)39-2)30(37)34-15-8-4-3-7-14-31-27(35)24-17-22(18-25(24)34)29(36)33-16-13-20-9-5-6-10-21(20)19-33/h5-6,9-12,22,24-25H,3-4,7-8,13-19H2,1-2H3,(H,31,35)/t22-,24-,25+/m1/s1. The van der Waals surface area contributed by atoms with E-state index in [1.54, 1.807) is 17.0 Å². The van der Waals surface area contributed by atoms with E-state index in [-0.39, 0.29) is 35.6 Å². The van der Waals surface area contributed by atoms with Crippen LogP contribution in [-0.4, -0.2) is 72.4 Å². The van der Waals surface area contributed by atoms with Crippen LogP contribution < -0.4 is 14.8 Å². The summed E-state index contributed by atoms with van der Waals surface area (Å²) in [5.74, 6) is -0.448. The maximum Gasteiger partial charge on any atom is 0.259 e. The van der Waals surface area contributed by atoms with Gasteiger partial charge >= 0.3 is 0 Å². The average molecular weight is 535 g/mol. The molecule has 2 fully saturated rings. The quantitative estimate of drug-likeness (QED) is 0.647. The fraction of sp³-hybridized carbons (Fsp3) is 0.533. The van der Waals surface area contributed by atoms with Crippen molar-refractivity contribution in [2.24, 2.45) is 11.8 Å². The molecule has 0 unspecified atom stereocenters. The van der Waals surface area contributed by atoms with E-state index in [0.717, 1.165) is 32.1 Å². The van der Waals surface area contributed by atoms with E-state index < -0.39 is 5.92 Å². The number of ether oxygens (including phenoxy) is 2. The third-order valence-electron chi connectivity index (χ3n) is 8.41. The fourth-order valence-electron chi connectivity index (χ4n) is 6.32. The molecule has 1 N–H and O–H groups in total. The van der Waals surface area contributed by atoms with E-state index in [1.165, 1.54) is 25.3 Å². The van der Waals surface area contributed by atoms with Gasteiger partial charge in [0.2, 0.25) is 23.6 Å². The first-order chi connectivity index (χ1) is 19.0. The lowest BCUT2D eigenvalue weighted by molar-refractivity contribution is -0.136. The molecule has 208 valence electrons. The zero-order chi connectivity index (χ0) is 27.4. The van der Waals surface area contributed by atoms with Crippen molar-refractivity contribution in [3.05, 3.63) is 53.1 Å². The summed E-state index contributed by atoms with van der Waals surface area (Å²) in [6.07, 6.45) is 5.42. The molecule has 39 heavy (non-hydrogen) atoms. The Hall–Kier alpha value is -3.62. The van der Waals surface area contributed by atoms with Gasteiger partial charge in [-0.2, -0.15) is 4.98 Å². The Labute approximate surface area is 229 Å². The Morgan fingerprint density at radius 1 is 0.949 bits per heavy atom. The highest BCUT2D eigenvalue weighted by atomic mass is 16.5. The van der Waals surface area contributed by atoms with Gasteiger partial charge in [-0.3, -0.25) is 14.4 Å². The SMILES string of the molecule is COc1ccc(C(=O)N2CCCCCCNC(=O)[C@@H]3C[C@@H](C(=O)N4CCc5ccccc5C4)C[C@@H]32)c(OC)n1. The summed E-state index contributed by atoms with van der Waals surface area (Å²) in [6.45, 7) is 2.39. The molecule has 3 aliphatic rings. The molecule has 2 aromatic rings. The number of amides is 3. The third-order valence-corrected chi connectivity index (χ3v) is 8.41. The normalized spacial score (nSPS) is 23.6. The molecule has 2 aliphatic heterocycles. The van der Waals surface area contributed by atoms with Crippen molar-refractivity contribution in [2.75, 3.05) is 33.9 Å². The van der Waals surface area contributed by atoms with Gasteiger partial charge in [0, 0.05) is 44.2 Å². The lowest BCUT2D eigenvalue weighted by atomic mass is 9.97. The second-order valence-corrected chi connectivity index (χ2v) is 10.7. The highest BCUT2D eigenvalue weighted by Crippen LogP contribution is 2.38. The molecule has 1 saturated heterocycles. The van der Waals surface area contributed by atoms with Crippen molar-refractivity contribution in [1.29, 1.82) is 0 Å². The number of pyridine rings is 1. The van der Waals surface area contributed by atoms with Crippen LogP contribution in [0.15, 0.2) is 36.4 Å². The van der Waals surface area contributed by atoms with Gasteiger partial charge in [-0.25, -0.2) is 0 Å². The van der Waals surface area contributed by atoms with Crippen molar-refractivity contribution in [3.63, 3.8) is 0 Å². The van der Waals surface area contributed by atoms with Gasteiger partial charge < -0.3 is 24.6 Å². The highest BCUT2D eigenvalue weighted by Gasteiger charge is 2.47. The number of fused-ring (bicyclic) bond motifs is 2. The predicted molar refractivity (Wildman–Crippen MR) is 145 cm³/mol. The zero-order valence-corrected chi connectivity index (χ0v) is 22.9. The number of benzene rings is 1. The van der Waals surface area contributed by atoms with E-state index in [1.807, 2.05) is 17.0 Å². The number of rotatable bonds is 4. The van der Waals surface area contributed by atoms with Crippen LogP contribution in [-0.2, 0) is 22.6 Å². The average Bonchev–Trinajstić information content (AvgIpc) is 3.41. The number of carbonyl (C=O) groups excluding carboxylic acids is 3. The van der Waals surface area contributed by atoms with Crippen molar-refractivity contribution in [2.45, 2.75) is 57.5 Å². The van der Waals surface area contributed by atoms with Crippen molar-refractivity contribution < 1.29 is 23.9 Å². The molecular formula is C30H38N4O5. The molecular weight excluding hydrogens is 496 g/mol. The maximum atomic E-state index is 14.0. The van der Waals surface area contributed by atoms with Gasteiger partial charge in [-0.1, -0.05) is 37.1 Å². The summed E-state index contributed by atoms with van der Waals surface area (Å²) in [5, 5.41) is 3.09. The molecule has 5 rings (SSSR count). The number of nitrogens with zero attached hydrogens (tertiary/aromatic N) is 3. The number of hydrogen-bond acceptors (Lipinski definition) is 6. The molecule has 1 saturated carbocycles. The van der Waals surface area contributed by atoms with Crippen LogP contribution in [0.25, 0.3) is 0 Å². The van der Waals surface area contributed by atoms with Gasteiger partial charge in [0.05, 0.1) is 20.1 Å². The Morgan fingerprint density at radius 2 is 1.74 bits per heavy atom. The molecule has 1 aliphatic carbocycles. The Bertz CT molecular complexity index is 1220. The molecule has 0 radical (unpaired) electrons. The minimum atomic E-state index is -0.449. The number of carbonyl (C=O) groups is 3. The van der Waals surface area contributed by atoms with E-state index in [9.17, 15) is 14.4 Å². The Balaban J connectivity index is 1.42. The van der Waals surface area contributed by atoms with E-state index in [4.69, 9.17) is 9.47 Å².